The van der Waals surface area contributed by atoms with Crippen LogP contribution in [-0.4, -0.2) is 17.7 Å². The zero-order valence-electron chi connectivity index (χ0n) is 11.1. The van der Waals surface area contributed by atoms with Gasteiger partial charge in [-0.05, 0) is 44.9 Å². The van der Waals surface area contributed by atoms with Gasteiger partial charge in [0.2, 0.25) is 0 Å². The van der Waals surface area contributed by atoms with Crippen LogP contribution >= 0.6 is 0 Å². The van der Waals surface area contributed by atoms with Gasteiger partial charge in [0.15, 0.2) is 0 Å². The first-order valence-electron chi connectivity index (χ1n) is 6.21. The van der Waals surface area contributed by atoms with E-state index in [4.69, 9.17) is 0 Å². The highest BCUT2D eigenvalue weighted by molar-refractivity contribution is 5.50. The highest BCUT2D eigenvalue weighted by Gasteiger charge is 2.15. The predicted octanol–water partition coefficient (Wildman–Crippen LogP) is 3.50. The van der Waals surface area contributed by atoms with Crippen LogP contribution < -0.4 is 4.90 Å². The minimum absolute atomic E-state index is 0.259. The van der Waals surface area contributed by atoms with E-state index in [-0.39, 0.29) is 11.9 Å². The van der Waals surface area contributed by atoms with Crippen LogP contribution in [0.3, 0.4) is 0 Å². The van der Waals surface area contributed by atoms with Crippen molar-refractivity contribution in [2.75, 3.05) is 11.4 Å². The van der Waals surface area contributed by atoms with E-state index in [2.05, 4.69) is 20.8 Å². The molecule has 0 radical (unpaired) electrons. The summed E-state index contributed by atoms with van der Waals surface area (Å²) in [6.45, 7) is 8.66. The average molecular weight is 239 g/mol. The minimum Gasteiger partial charge on any atom is -0.389 e. The second-order valence-corrected chi connectivity index (χ2v) is 4.67. The van der Waals surface area contributed by atoms with E-state index >= 15 is 0 Å². The Morgan fingerprint density at radius 1 is 1.29 bits per heavy atom. The van der Waals surface area contributed by atoms with Crippen molar-refractivity contribution in [3.8, 4) is 0 Å². The first-order valence-corrected chi connectivity index (χ1v) is 6.21. The second-order valence-electron chi connectivity index (χ2n) is 4.67. The maximum Gasteiger partial charge on any atom is 0.146 e. The number of aliphatic hydroxyl groups excluding tert-OH is 1. The fraction of sp³-hybridized carbons (Fsp3) is 0.571. The lowest BCUT2D eigenvalue weighted by molar-refractivity contribution is 0.199. The van der Waals surface area contributed by atoms with E-state index in [0.29, 0.717) is 11.3 Å². The zero-order valence-corrected chi connectivity index (χ0v) is 11.1. The smallest absolute Gasteiger partial charge is 0.146 e. The van der Waals surface area contributed by atoms with E-state index in [1.54, 1.807) is 19.1 Å². The van der Waals surface area contributed by atoms with Gasteiger partial charge in [0.05, 0.1) is 11.8 Å². The van der Waals surface area contributed by atoms with Crippen LogP contribution in [0.5, 0.6) is 0 Å². The maximum atomic E-state index is 14.0. The van der Waals surface area contributed by atoms with Crippen LogP contribution in [-0.2, 0) is 0 Å². The Hall–Kier alpha value is -1.09. The number of benzene rings is 1. The Labute approximate surface area is 103 Å². The van der Waals surface area contributed by atoms with Gasteiger partial charge in [0.1, 0.15) is 5.82 Å². The summed E-state index contributed by atoms with van der Waals surface area (Å²) in [5, 5.41) is 9.41. The number of rotatable bonds is 5. The number of nitrogens with zero attached hydrogens (tertiary/aromatic N) is 1. The van der Waals surface area contributed by atoms with Gasteiger partial charge in [0.25, 0.3) is 0 Å². The third kappa shape index (κ3) is 3.43. The molecule has 1 atom stereocenters. The summed E-state index contributed by atoms with van der Waals surface area (Å²) < 4.78 is 14.0. The van der Waals surface area contributed by atoms with Gasteiger partial charge in [-0.25, -0.2) is 4.39 Å². The van der Waals surface area contributed by atoms with Crippen molar-refractivity contribution in [2.24, 2.45) is 0 Å². The summed E-state index contributed by atoms with van der Waals surface area (Å²) in [7, 11) is 0. The van der Waals surface area contributed by atoms with Gasteiger partial charge < -0.3 is 10.0 Å². The standard InChI is InChI=1S/C14H22FNO/c1-5-8-16(10(2)3)14-7-6-12(11(4)17)9-13(14)15/h6-7,9-11,17H,5,8H2,1-4H3. The monoisotopic (exact) mass is 239 g/mol. The summed E-state index contributed by atoms with van der Waals surface area (Å²) in [6, 6.07) is 5.23. The molecular weight excluding hydrogens is 217 g/mol. The normalized spacial score (nSPS) is 12.9. The minimum atomic E-state index is -0.628. The Morgan fingerprint density at radius 2 is 1.94 bits per heavy atom. The van der Waals surface area contributed by atoms with Gasteiger partial charge >= 0.3 is 0 Å². The molecular formula is C14H22FNO. The molecule has 2 nitrogen and oxygen atoms in total. The van der Waals surface area contributed by atoms with E-state index in [1.165, 1.54) is 6.07 Å². The molecule has 0 aliphatic carbocycles. The molecule has 0 fully saturated rings. The van der Waals surface area contributed by atoms with E-state index in [9.17, 15) is 9.50 Å². The molecule has 0 aromatic heterocycles. The van der Waals surface area contributed by atoms with Crippen LogP contribution in [0.1, 0.15) is 45.8 Å². The summed E-state index contributed by atoms with van der Waals surface area (Å²) in [6.07, 6.45) is 0.354. The highest BCUT2D eigenvalue weighted by atomic mass is 19.1. The van der Waals surface area contributed by atoms with Crippen molar-refractivity contribution in [1.82, 2.24) is 0 Å². The molecule has 1 aromatic carbocycles. The molecule has 1 aromatic rings. The molecule has 0 saturated carbocycles. The largest absolute Gasteiger partial charge is 0.389 e. The van der Waals surface area contributed by atoms with Crippen molar-refractivity contribution in [2.45, 2.75) is 46.3 Å². The summed E-state index contributed by atoms with van der Waals surface area (Å²) in [5.74, 6) is -0.259. The first kappa shape index (κ1) is 14.0. The van der Waals surface area contributed by atoms with Crippen LogP contribution in [0.15, 0.2) is 18.2 Å². The number of aliphatic hydroxyl groups is 1. The van der Waals surface area contributed by atoms with E-state index < -0.39 is 6.10 Å². The summed E-state index contributed by atoms with van der Waals surface area (Å²) in [5.41, 5.74) is 1.23. The Bertz CT molecular complexity index is 363. The lowest BCUT2D eigenvalue weighted by Crippen LogP contribution is -2.32. The van der Waals surface area contributed by atoms with Gasteiger partial charge in [-0.3, -0.25) is 0 Å². The Morgan fingerprint density at radius 3 is 2.35 bits per heavy atom. The van der Waals surface area contributed by atoms with Crippen molar-refractivity contribution in [3.63, 3.8) is 0 Å². The van der Waals surface area contributed by atoms with Gasteiger partial charge in [0, 0.05) is 12.6 Å². The highest BCUT2D eigenvalue weighted by Crippen LogP contribution is 2.25. The lowest BCUT2D eigenvalue weighted by Gasteiger charge is -2.29. The van der Waals surface area contributed by atoms with Crippen LogP contribution in [0.2, 0.25) is 0 Å². The third-order valence-corrected chi connectivity index (χ3v) is 2.85. The number of hydrogen-bond donors (Lipinski definition) is 1. The molecule has 17 heavy (non-hydrogen) atoms. The summed E-state index contributed by atoms with van der Waals surface area (Å²) in [4.78, 5) is 2.04. The quantitative estimate of drug-likeness (QED) is 0.850. The summed E-state index contributed by atoms with van der Waals surface area (Å²) >= 11 is 0. The molecule has 0 spiro atoms. The van der Waals surface area contributed by atoms with Crippen molar-refractivity contribution in [1.29, 1.82) is 0 Å². The molecule has 1 rings (SSSR count). The van der Waals surface area contributed by atoms with Crippen LogP contribution in [0, 0.1) is 5.82 Å². The first-order chi connectivity index (χ1) is 7.97. The molecule has 1 N–H and O–H groups in total. The number of hydrogen-bond acceptors (Lipinski definition) is 2. The molecule has 0 aliphatic heterocycles. The molecule has 0 bridgehead atoms. The Balaban J connectivity index is 3.04. The third-order valence-electron chi connectivity index (χ3n) is 2.85. The van der Waals surface area contributed by atoms with Crippen molar-refractivity contribution >= 4 is 5.69 Å². The SMILES string of the molecule is CCCN(c1ccc(C(C)O)cc1F)C(C)C. The average Bonchev–Trinajstić information content (AvgIpc) is 2.26. The van der Waals surface area contributed by atoms with Gasteiger partial charge in [-0.15, -0.1) is 0 Å². The number of halogens is 1. The molecule has 0 aliphatic rings. The van der Waals surface area contributed by atoms with Crippen molar-refractivity contribution in [3.05, 3.63) is 29.6 Å². The second kappa shape index (κ2) is 6.01. The fourth-order valence-electron chi connectivity index (χ4n) is 1.91. The topological polar surface area (TPSA) is 23.5 Å². The molecule has 1 unspecified atom stereocenters. The fourth-order valence-corrected chi connectivity index (χ4v) is 1.91. The Kier molecular flexibility index (Phi) is 4.94. The molecule has 3 heteroatoms. The van der Waals surface area contributed by atoms with Crippen LogP contribution in [0.4, 0.5) is 10.1 Å². The van der Waals surface area contributed by atoms with E-state index in [0.717, 1.165) is 13.0 Å². The van der Waals surface area contributed by atoms with Crippen LogP contribution in [0.25, 0.3) is 0 Å². The van der Waals surface area contributed by atoms with Crippen molar-refractivity contribution < 1.29 is 9.50 Å². The molecule has 0 heterocycles. The van der Waals surface area contributed by atoms with Gasteiger partial charge in [-0.2, -0.15) is 0 Å². The lowest BCUT2D eigenvalue weighted by atomic mass is 10.1. The number of anilines is 1. The van der Waals surface area contributed by atoms with E-state index in [1.807, 2.05) is 4.90 Å². The predicted molar refractivity (Wildman–Crippen MR) is 69.8 cm³/mol. The molecule has 96 valence electrons. The molecule has 0 saturated heterocycles. The zero-order chi connectivity index (χ0) is 13.0. The van der Waals surface area contributed by atoms with Gasteiger partial charge in [-0.1, -0.05) is 13.0 Å². The maximum absolute atomic E-state index is 14.0. The molecule has 0 amide bonds.